The van der Waals surface area contributed by atoms with E-state index in [1.165, 1.54) is 0 Å². The van der Waals surface area contributed by atoms with Crippen molar-refractivity contribution >= 4 is 23.0 Å². The quantitative estimate of drug-likeness (QED) is 0.486. The molecule has 0 bridgehead atoms. The smallest absolute Gasteiger partial charge is 0.300 e. The minimum absolute atomic E-state index is 0.157. The number of carbonyl (C=O) groups excluding carboxylic acids is 1. The molecule has 1 aromatic rings. The number of nitrogens with one attached hydrogen (secondary N) is 1. The van der Waals surface area contributed by atoms with Gasteiger partial charge in [0.15, 0.2) is 6.04 Å². The van der Waals surface area contributed by atoms with Gasteiger partial charge in [0.1, 0.15) is 5.69 Å². The highest BCUT2D eigenvalue weighted by Gasteiger charge is 2.39. The number of rotatable bonds is 3. The molecule has 1 unspecified atom stereocenters. The van der Waals surface area contributed by atoms with Crippen molar-refractivity contribution in [1.29, 1.82) is 0 Å². The Labute approximate surface area is 97.9 Å². The summed E-state index contributed by atoms with van der Waals surface area (Å²) in [4.78, 5) is 41.5. The summed E-state index contributed by atoms with van der Waals surface area (Å²) in [6.45, 7) is 0. The van der Waals surface area contributed by atoms with Crippen molar-refractivity contribution < 1.29 is 14.6 Å². The van der Waals surface area contributed by atoms with Crippen LogP contribution >= 0.6 is 0 Å². The van der Waals surface area contributed by atoms with Crippen LogP contribution in [-0.4, -0.2) is 15.8 Å². The third-order valence-electron chi connectivity index (χ3n) is 2.44. The summed E-state index contributed by atoms with van der Waals surface area (Å²) in [5.41, 5.74) is -1.60. The Morgan fingerprint density at radius 2 is 1.89 bits per heavy atom. The van der Waals surface area contributed by atoms with Gasteiger partial charge in [-0.05, 0) is 0 Å². The molecule has 1 amide bonds. The fraction of sp³-hybridized carbons (Fsp3) is 0.125. The Hall–Kier alpha value is -2.91. The van der Waals surface area contributed by atoms with E-state index in [-0.39, 0.29) is 11.3 Å². The topological polar surface area (TPSA) is 145 Å². The lowest BCUT2D eigenvalue weighted by Crippen LogP contribution is -2.09. The molecule has 1 atom stereocenters. The maximum absolute atomic E-state index is 11.3. The van der Waals surface area contributed by atoms with E-state index in [2.05, 4.69) is 10.5 Å². The normalized spacial score (nSPS) is 16.9. The second-order valence-corrected chi connectivity index (χ2v) is 3.44. The number of non-ortho nitro benzene ring substituents is 1. The molecule has 92 valence electrons. The zero-order valence-corrected chi connectivity index (χ0v) is 8.52. The average Bonchev–Trinajstić information content (AvgIpc) is 2.62. The summed E-state index contributed by atoms with van der Waals surface area (Å²) in [7, 11) is 0. The molecule has 0 aromatic heterocycles. The Balaban J connectivity index is 2.72. The monoisotopic (exact) mass is 252 g/mol. The first-order valence-corrected chi connectivity index (χ1v) is 4.55. The van der Waals surface area contributed by atoms with Crippen LogP contribution in [0.3, 0.4) is 0 Å². The molecular formula is C8H4N4O6. The molecule has 1 heterocycles. The lowest BCUT2D eigenvalue weighted by molar-refractivity contribution is -0.393. The molecule has 18 heavy (non-hydrogen) atoms. The summed E-state index contributed by atoms with van der Waals surface area (Å²) in [5, 5.41) is 26.0. The number of nitroso groups, excluding NO2 is 1. The Bertz CT molecular complexity index is 597. The van der Waals surface area contributed by atoms with E-state index in [1.807, 2.05) is 0 Å². The molecule has 2 rings (SSSR count). The summed E-state index contributed by atoms with van der Waals surface area (Å²) < 4.78 is 0. The van der Waals surface area contributed by atoms with Gasteiger partial charge in [-0.15, -0.1) is 4.91 Å². The van der Waals surface area contributed by atoms with E-state index in [0.717, 1.165) is 6.07 Å². The number of hydrogen-bond acceptors (Lipinski definition) is 7. The molecule has 1 aliphatic rings. The van der Waals surface area contributed by atoms with Crippen molar-refractivity contribution in [3.63, 3.8) is 0 Å². The fourth-order valence-electron chi connectivity index (χ4n) is 1.67. The highest BCUT2D eigenvalue weighted by Crippen LogP contribution is 2.42. The molecule has 0 spiro atoms. The molecule has 0 saturated heterocycles. The predicted molar refractivity (Wildman–Crippen MR) is 56.9 cm³/mol. The lowest BCUT2D eigenvalue weighted by atomic mass is 10.1. The van der Waals surface area contributed by atoms with Crippen LogP contribution in [0.4, 0.5) is 17.1 Å². The number of nitro groups is 2. The summed E-state index contributed by atoms with van der Waals surface area (Å²) in [6.07, 6.45) is 0. The third-order valence-corrected chi connectivity index (χ3v) is 2.44. The van der Waals surface area contributed by atoms with Crippen molar-refractivity contribution in [2.24, 2.45) is 5.18 Å². The number of nitro benzene ring substituents is 2. The Morgan fingerprint density at radius 3 is 2.39 bits per heavy atom. The van der Waals surface area contributed by atoms with E-state index >= 15 is 0 Å². The molecule has 1 aromatic carbocycles. The van der Waals surface area contributed by atoms with Gasteiger partial charge in [-0.1, -0.05) is 5.18 Å². The van der Waals surface area contributed by atoms with Gasteiger partial charge in [0.05, 0.1) is 15.9 Å². The van der Waals surface area contributed by atoms with Gasteiger partial charge in [-0.25, -0.2) is 0 Å². The molecule has 0 radical (unpaired) electrons. The summed E-state index contributed by atoms with van der Waals surface area (Å²) in [6, 6.07) is 0.136. The van der Waals surface area contributed by atoms with Gasteiger partial charge in [0.2, 0.25) is 0 Å². The van der Waals surface area contributed by atoms with Crippen LogP contribution in [-0.2, 0) is 4.79 Å². The summed E-state index contributed by atoms with van der Waals surface area (Å²) >= 11 is 0. The number of carbonyl (C=O) groups is 1. The number of benzene rings is 1. The highest BCUT2D eigenvalue weighted by molar-refractivity contribution is 6.05. The average molecular weight is 252 g/mol. The van der Waals surface area contributed by atoms with Crippen molar-refractivity contribution in [3.05, 3.63) is 42.8 Å². The highest BCUT2D eigenvalue weighted by atomic mass is 16.6. The van der Waals surface area contributed by atoms with E-state index in [9.17, 15) is 29.9 Å². The zero-order chi connectivity index (χ0) is 13.4. The molecule has 1 N–H and O–H groups in total. The lowest BCUT2D eigenvalue weighted by Gasteiger charge is -2.00. The van der Waals surface area contributed by atoms with Crippen LogP contribution in [0, 0.1) is 25.1 Å². The fourth-order valence-corrected chi connectivity index (χ4v) is 1.67. The van der Waals surface area contributed by atoms with Gasteiger partial charge in [0, 0.05) is 11.6 Å². The second-order valence-electron chi connectivity index (χ2n) is 3.44. The van der Waals surface area contributed by atoms with E-state index in [4.69, 9.17) is 0 Å². The first kappa shape index (κ1) is 11.6. The minimum Gasteiger partial charge on any atom is -0.318 e. The molecule has 1 aliphatic heterocycles. The summed E-state index contributed by atoms with van der Waals surface area (Å²) in [5.74, 6) is -0.844. The minimum atomic E-state index is -1.50. The first-order valence-electron chi connectivity index (χ1n) is 4.55. The van der Waals surface area contributed by atoms with Crippen LogP contribution in [0.25, 0.3) is 0 Å². The van der Waals surface area contributed by atoms with Crippen molar-refractivity contribution in [2.45, 2.75) is 6.04 Å². The Morgan fingerprint density at radius 1 is 1.22 bits per heavy atom. The SMILES string of the molecule is O=NC1C(=O)Nc2c1cc([N+](=O)[O-])cc2[N+](=O)[O-]. The van der Waals surface area contributed by atoms with Crippen LogP contribution in [0.2, 0.25) is 0 Å². The third kappa shape index (κ3) is 1.55. The number of anilines is 1. The van der Waals surface area contributed by atoms with Crippen LogP contribution < -0.4 is 5.32 Å². The molecule has 10 nitrogen and oxygen atoms in total. The van der Waals surface area contributed by atoms with Gasteiger partial charge < -0.3 is 5.32 Å². The Kier molecular flexibility index (Phi) is 2.47. The van der Waals surface area contributed by atoms with Gasteiger partial charge in [-0.2, -0.15) is 0 Å². The van der Waals surface area contributed by atoms with Crippen molar-refractivity contribution in [2.75, 3.05) is 5.32 Å². The molecule has 0 saturated carbocycles. The largest absolute Gasteiger partial charge is 0.318 e. The van der Waals surface area contributed by atoms with Crippen LogP contribution in [0.1, 0.15) is 11.6 Å². The number of hydrogen-bond donors (Lipinski definition) is 1. The van der Waals surface area contributed by atoms with Crippen LogP contribution in [0.5, 0.6) is 0 Å². The van der Waals surface area contributed by atoms with Crippen molar-refractivity contribution in [3.8, 4) is 0 Å². The van der Waals surface area contributed by atoms with E-state index < -0.39 is 33.2 Å². The van der Waals surface area contributed by atoms with Crippen LogP contribution in [0.15, 0.2) is 17.3 Å². The van der Waals surface area contributed by atoms with Gasteiger partial charge in [-0.3, -0.25) is 25.0 Å². The molecule has 0 fully saturated rings. The second kappa shape index (κ2) is 3.84. The predicted octanol–water partition coefficient (Wildman–Crippen LogP) is 1.26. The first-order chi connectivity index (χ1) is 8.45. The maximum Gasteiger partial charge on any atom is 0.300 e. The van der Waals surface area contributed by atoms with Gasteiger partial charge >= 0.3 is 0 Å². The van der Waals surface area contributed by atoms with Gasteiger partial charge in [0.25, 0.3) is 17.3 Å². The van der Waals surface area contributed by atoms with Crippen molar-refractivity contribution in [1.82, 2.24) is 0 Å². The number of nitrogens with zero attached hydrogens (tertiary/aromatic N) is 3. The molecule has 0 aliphatic carbocycles. The van der Waals surface area contributed by atoms with E-state index in [1.54, 1.807) is 0 Å². The standard InChI is InChI=1S/C8H4N4O6/c13-8-7(10-14)4-1-3(11(15)16)2-5(12(17)18)6(4)9-8/h1-2,7H,(H,9,13). The maximum atomic E-state index is 11.3. The molecular weight excluding hydrogens is 248 g/mol. The number of fused-ring (bicyclic) bond motifs is 1. The van der Waals surface area contributed by atoms with E-state index in [0.29, 0.717) is 6.07 Å². The molecule has 10 heteroatoms. The number of amides is 1. The zero-order valence-electron chi connectivity index (χ0n) is 8.52.